The van der Waals surface area contributed by atoms with Crippen molar-refractivity contribution in [3.05, 3.63) is 19.2 Å². The van der Waals surface area contributed by atoms with Crippen LogP contribution in [-0.2, 0) is 0 Å². The fourth-order valence-electron chi connectivity index (χ4n) is 1.25. The Kier molecular flexibility index (Phi) is 4.74. The Morgan fingerprint density at radius 1 is 1.33 bits per heavy atom. The molecular formula is C11H15Br2ClS. The van der Waals surface area contributed by atoms with Crippen molar-refractivity contribution in [3.63, 3.8) is 0 Å². The van der Waals surface area contributed by atoms with Gasteiger partial charge in [-0.25, -0.2) is 0 Å². The number of hydrogen-bond acceptors (Lipinski definition) is 1. The number of halogens is 3. The molecule has 2 atom stereocenters. The normalized spacial score (nSPS) is 16.5. The van der Waals surface area contributed by atoms with E-state index in [-0.39, 0.29) is 10.8 Å². The van der Waals surface area contributed by atoms with E-state index < -0.39 is 0 Å². The van der Waals surface area contributed by atoms with Gasteiger partial charge in [0, 0.05) is 0 Å². The SMILES string of the molecule is CC(C(Cl)c1cc(Br)sc1Br)C(C)(C)C. The zero-order chi connectivity index (χ0) is 11.8. The molecule has 0 aliphatic heterocycles. The fourth-order valence-corrected chi connectivity index (χ4v) is 4.92. The van der Waals surface area contributed by atoms with E-state index in [1.807, 2.05) is 0 Å². The van der Waals surface area contributed by atoms with Crippen LogP contribution >= 0.6 is 54.8 Å². The fraction of sp³-hybridized carbons (Fsp3) is 0.636. The molecule has 0 saturated heterocycles. The summed E-state index contributed by atoms with van der Waals surface area (Å²) in [5.41, 5.74) is 1.41. The summed E-state index contributed by atoms with van der Waals surface area (Å²) in [6.45, 7) is 8.88. The summed E-state index contributed by atoms with van der Waals surface area (Å²) in [6.07, 6.45) is 0. The lowest BCUT2D eigenvalue weighted by atomic mass is 9.78. The van der Waals surface area contributed by atoms with Crippen molar-refractivity contribution < 1.29 is 0 Å². The van der Waals surface area contributed by atoms with Crippen molar-refractivity contribution >= 4 is 54.8 Å². The Labute approximate surface area is 118 Å². The zero-order valence-electron chi connectivity index (χ0n) is 9.27. The van der Waals surface area contributed by atoms with Gasteiger partial charge in [-0.15, -0.1) is 22.9 Å². The third kappa shape index (κ3) is 3.45. The molecule has 1 aromatic heterocycles. The smallest absolute Gasteiger partial charge is 0.0757 e. The lowest BCUT2D eigenvalue weighted by Crippen LogP contribution is -2.21. The van der Waals surface area contributed by atoms with E-state index in [2.05, 4.69) is 65.6 Å². The van der Waals surface area contributed by atoms with Gasteiger partial charge in [0.25, 0.3) is 0 Å². The minimum Gasteiger partial charge on any atom is -0.121 e. The number of alkyl halides is 1. The van der Waals surface area contributed by atoms with Crippen LogP contribution in [0.3, 0.4) is 0 Å². The Bertz CT molecular complexity index is 341. The van der Waals surface area contributed by atoms with Gasteiger partial charge in [0.2, 0.25) is 0 Å². The van der Waals surface area contributed by atoms with Crippen molar-refractivity contribution in [3.8, 4) is 0 Å². The van der Waals surface area contributed by atoms with Gasteiger partial charge in [-0.05, 0) is 54.8 Å². The summed E-state index contributed by atoms with van der Waals surface area (Å²) < 4.78 is 2.25. The maximum absolute atomic E-state index is 6.52. The summed E-state index contributed by atoms with van der Waals surface area (Å²) in [6, 6.07) is 2.11. The molecule has 0 spiro atoms. The van der Waals surface area contributed by atoms with Crippen LogP contribution in [0.15, 0.2) is 13.6 Å². The van der Waals surface area contributed by atoms with Crippen molar-refractivity contribution in [2.45, 2.75) is 33.1 Å². The first-order valence-corrected chi connectivity index (χ1v) is 7.66. The minimum absolute atomic E-state index is 0.0573. The lowest BCUT2D eigenvalue weighted by Gasteiger charge is -2.31. The first-order chi connectivity index (χ1) is 6.73. The van der Waals surface area contributed by atoms with E-state index in [1.165, 1.54) is 5.56 Å². The van der Waals surface area contributed by atoms with Crippen LogP contribution in [0.2, 0.25) is 0 Å². The Morgan fingerprint density at radius 3 is 2.20 bits per heavy atom. The van der Waals surface area contributed by atoms with Gasteiger partial charge in [-0.1, -0.05) is 27.7 Å². The second-order valence-corrected chi connectivity index (χ2v) is 9.06. The molecule has 0 amide bonds. The largest absolute Gasteiger partial charge is 0.121 e. The molecule has 0 radical (unpaired) electrons. The van der Waals surface area contributed by atoms with Gasteiger partial charge < -0.3 is 0 Å². The van der Waals surface area contributed by atoms with Crippen LogP contribution in [0, 0.1) is 11.3 Å². The number of rotatable bonds is 2. The molecule has 0 aliphatic rings. The molecule has 0 fully saturated rings. The quantitative estimate of drug-likeness (QED) is 0.538. The maximum atomic E-state index is 6.52. The first kappa shape index (κ1) is 14.0. The molecule has 15 heavy (non-hydrogen) atoms. The highest BCUT2D eigenvalue weighted by molar-refractivity contribution is 9.12. The average Bonchev–Trinajstić information content (AvgIpc) is 2.41. The first-order valence-electron chi connectivity index (χ1n) is 4.82. The van der Waals surface area contributed by atoms with E-state index in [9.17, 15) is 0 Å². The molecule has 2 unspecified atom stereocenters. The van der Waals surface area contributed by atoms with E-state index >= 15 is 0 Å². The molecule has 0 aliphatic carbocycles. The van der Waals surface area contributed by atoms with Crippen molar-refractivity contribution in [2.75, 3.05) is 0 Å². The predicted octanol–water partition coefficient (Wildman–Crippen LogP) is 6.24. The second-order valence-electron chi connectivity index (χ2n) is 4.84. The molecule has 0 nitrogen and oxygen atoms in total. The van der Waals surface area contributed by atoms with Gasteiger partial charge >= 0.3 is 0 Å². The molecule has 0 bridgehead atoms. The summed E-state index contributed by atoms with van der Waals surface area (Å²) in [5, 5.41) is 0.0573. The topological polar surface area (TPSA) is 0 Å². The van der Waals surface area contributed by atoms with Crippen LogP contribution in [0.5, 0.6) is 0 Å². The number of hydrogen-bond donors (Lipinski definition) is 0. The third-order valence-corrected chi connectivity index (χ3v) is 5.78. The van der Waals surface area contributed by atoms with Crippen LogP contribution in [0.4, 0.5) is 0 Å². The lowest BCUT2D eigenvalue weighted by molar-refractivity contribution is 0.253. The Morgan fingerprint density at radius 2 is 1.87 bits per heavy atom. The molecule has 0 saturated carbocycles. The monoisotopic (exact) mass is 372 g/mol. The van der Waals surface area contributed by atoms with Crippen molar-refractivity contribution in [1.29, 1.82) is 0 Å². The highest BCUT2D eigenvalue weighted by atomic mass is 79.9. The molecule has 86 valence electrons. The molecule has 0 aromatic carbocycles. The van der Waals surface area contributed by atoms with Crippen LogP contribution in [0.25, 0.3) is 0 Å². The molecule has 1 rings (SSSR count). The van der Waals surface area contributed by atoms with E-state index in [0.29, 0.717) is 5.92 Å². The van der Waals surface area contributed by atoms with Crippen molar-refractivity contribution in [1.82, 2.24) is 0 Å². The predicted molar refractivity (Wildman–Crippen MR) is 76.9 cm³/mol. The maximum Gasteiger partial charge on any atom is 0.0757 e. The molecule has 4 heteroatoms. The molecule has 0 N–H and O–H groups in total. The summed E-state index contributed by atoms with van der Waals surface area (Å²) in [7, 11) is 0. The molecular weight excluding hydrogens is 359 g/mol. The Balaban J connectivity index is 2.94. The van der Waals surface area contributed by atoms with Crippen LogP contribution in [0.1, 0.15) is 38.6 Å². The van der Waals surface area contributed by atoms with Crippen LogP contribution < -0.4 is 0 Å². The van der Waals surface area contributed by atoms with E-state index in [0.717, 1.165) is 7.57 Å². The van der Waals surface area contributed by atoms with Gasteiger partial charge in [0.1, 0.15) is 0 Å². The minimum atomic E-state index is 0.0573. The van der Waals surface area contributed by atoms with Gasteiger partial charge in [-0.3, -0.25) is 0 Å². The van der Waals surface area contributed by atoms with Gasteiger partial charge in [0.15, 0.2) is 0 Å². The summed E-state index contributed by atoms with van der Waals surface area (Å²) in [4.78, 5) is 0. The highest BCUT2D eigenvalue weighted by Gasteiger charge is 2.29. The second kappa shape index (κ2) is 5.07. The van der Waals surface area contributed by atoms with Gasteiger partial charge in [-0.2, -0.15) is 0 Å². The Hall–Kier alpha value is 0.950. The highest BCUT2D eigenvalue weighted by Crippen LogP contribution is 2.45. The van der Waals surface area contributed by atoms with E-state index in [4.69, 9.17) is 11.6 Å². The standard InChI is InChI=1S/C11H15Br2ClS/c1-6(11(2,3)4)9(14)7-5-8(12)15-10(7)13/h5-6,9H,1-4H3. The molecule has 1 aromatic rings. The van der Waals surface area contributed by atoms with Gasteiger partial charge in [0.05, 0.1) is 12.9 Å². The average molecular weight is 375 g/mol. The van der Waals surface area contributed by atoms with Crippen LogP contribution in [-0.4, -0.2) is 0 Å². The third-order valence-electron chi connectivity index (χ3n) is 2.79. The summed E-state index contributed by atoms with van der Waals surface area (Å²) in [5.74, 6) is 0.428. The molecule has 1 heterocycles. The van der Waals surface area contributed by atoms with Crippen molar-refractivity contribution in [2.24, 2.45) is 11.3 Å². The van der Waals surface area contributed by atoms with E-state index in [1.54, 1.807) is 11.3 Å². The summed E-state index contributed by atoms with van der Waals surface area (Å²) >= 11 is 15.2. The zero-order valence-corrected chi connectivity index (χ0v) is 14.0. The number of thiophene rings is 1.